The number of ether oxygens (including phenoxy) is 1. The smallest absolute Gasteiger partial charge is 0.347 e. The van der Waals surface area contributed by atoms with Gasteiger partial charge in [0.25, 0.3) is 10.0 Å². The third-order valence-corrected chi connectivity index (χ3v) is 2.94. The summed E-state index contributed by atoms with van der Waals surface area (Å²) in [6.07, 6.45) is -0.774. The number of cyclic esters (lactones) is 1. The number of rotatable bonds is 2. The number of non-ortho nitro benzene ring substituents is 1. The van der Waals surface area contributed by atoms with Crippen LogP contribution in [0.5, 0.6) is 0 Å². The number of nitrogens with zero attached hydrogens (tertiary/aromatic N) is 1. The first-order valence-corrected chi connectivity index (χ1v) is 5.02. The van der Waals surface area contributed by atoms with Gasteiger partial charge in [0.1, 0.15) is 0 Å². The Balaban J connectivity index is 2.24. The summed E-state index contributed by atoms with van der Waals surface area (Å²) in [4.78, 5) is 20.8. The van der Waals surface area contributed by atoms with E-state index in [0.717, 1.165) is 0 Å². The minimum absolute atomic E-state index is 0.0517. The second kappa shape index (κ2) is 3.61. The number of nitro groups is 1. The molecule has 1 heterocycles. The Morgan fingerprint density at radius 2 is 1.88 bits per heavy atom. The second-order valence-electron chi connectivity index (χ2n) is 3.26. The van der Waals surface area contributed by atoms with Crippen LogP contribution in [0.2, 0.25) is 0 Å². The second-order valence-corrected chi connectivity index (χ2v) is 4.64. The van der Waals surface area contributed by atoms with Crippen LogP contribution in [0.25, 0.3) is 0 Å². The molecule has 0 bridgehead atoms. The largest absolute Gasteiger partial charge is 0.451 e. The van der Waals surface area contributed by atoms with E-state index in [2.05, 4.69) is 0 Å². The number of halogens is 2. The molecule has 1 aliphatic rings. The van der Waals surface area contributed by atoms with Crippen molar-refractivity contribution in [3.05, 3.63) is 39.9 Å². The molecule has 0 N–H and O–H groups in total. The molecular formula is C9H5Cl2NO4. The van der Waals surface area contributed by atoms with Crippen LogP contribution in [0.4, 0.5) is 5.69 Å². The molecule has 5 nitrogen and oxygen atoms in total. The van der Waals surface area contributed by atoms with Gasteiger partial charge in [0.2, 0.25) is 0 Å². The molecule has 0 spiro atoms. The quantitative estimate of drug-likeness (QED) is 0.355. The summed E-state index contributed by atoms with van der Waals surface area (Å²) in [6, 6.07) is 5.50. The van der Waals surface area contributed by atoms with E-state index >= 15 is 0 Å². The maximum absolute atomic E-state index is 10.9. The van der Waals surface area contributed by atoms with Gasteiger partial charge in [-0.25, -0.2) is 4.79 Å². The van der Waals surface area contributed by atoms with Gasteiger partial charge in [-0.2, -0.15) is 0 Å². The topological polar surface area (TPSA) is 69.4 Å². The van der Waals surface area contributed by atoms with Crippen molar-refractivity contribution < 1.29 is 14.5 Å². The van der Waals surface area contributed by atoms with Crippen molar-refractivity contribution in [2.45, 2.75) is 10.4 Å². The van der Waals surface area contributed by atoms with Gasteiger partial charge in [0.05, 0.1) is 4.92 Å². The molecule has 7 heteroatoms. The van der Waals surface area contributed by atoms with E-state index in [1.165, 1.54) is 24.3 Å². The summed E-state index contributed by atoms with van der Waals surface area (Å²) in [7, 11) is 0. The lowest BCUT2D eigenvalue weighted by atomic mass is 10.0. The highest BCUT2D eigenvalue weighted by Crippen LogP contribution is 2.48. The summed E-state index contributed by atoms with van der Waals surface area (Å²) < 4.78 is 3.17. The molecule has 1 atom stereocenters. The van der Waals surface area contributed by atoms with Gasteiger partial charge in [-0.15, -0.1) is 0 Å². The molecule has 1 unspecified atom stereocenters. The molecule has 1 aliphatic heterocycles. The Morgan fingerprint density at radius 3 is 2.25 bits per heavy atom. The van der Waals surface area contributed by atoms with E-state index in [9.17, 15) is 14.9 Å². The zero-order valence-electron chi connectivity index (χ0n) is 7.72. The molecule has 0 aromatic heterocycles. The zero-order chi connectivity index (χ0) is 11.9. The lowest BCUT2D eigenvalue weighted by Gasteiger charge is -2.37. The molecule has 0 radical (unpaired) electrons. The molecule has 1 aromatic carbocycles. The van der Waals surface area contributed by atoms with Crippen molar-refractivity contribution in [2.24, 2.45) is 0 Å². The highest BCUT2D eigenvalue weighted by molar-refractivity contribution is 6.59. The third-order valence-electron chi connectivity index (χ3n) is 2.23. The van der Waals surface area contributed by atoms with Gasteiger partial charge >= 0.3 is 5.97 Å². The lowest BCUT2D eigenvalue weighted by Crippen LogP contribution is -2.48. The molecule has 1 aromatic rings. The molecule has 2 rings (SSSR count). The predicted octanol–water partition coefficient (Wildman–Crippen LogP) is 2.37. The fourth-order valence-electron chi connectivity index (χ4n) is 1.36. The average molecular weight is 262 g/mol. The van der Waals surface area contributed by atoms with Crippen LogP contribution in [0.3, 0.4) is 0 Å². The molecular weight excluding hydrogens is 257 g/mol. The van der Waals surface area contributed by atoms with Crippen LogP contribution in [0.15, 0.2) is 24.3 Å². The van der Waals surface area contributed by atoms with Crippen molar-refractivity contribution in [1.29, 1.82) is 0 Å². The number of hydrogen-bond acceptors (Lipinski definition) is 4. The van der Waals surface area contributed by atoms with E-state index in [4.69, 9.17) is 27.9 Å². The molecule has 1 fully saturated rings. The van der Waals surface area contributed by atoms with Gasteiger partial charge in [-0.05, 0) is 17.7 Å². The Hall–Kier alpha value is -1.33. The lowest BCUT2D eigenvalue weighted by molar-refractivity contribution is -0.384. The number of benzene rings is 1. The van der Waals surface area contributed by atoms with Gasteiger partial charge in [-0.3, -0.25) is 10.1 Å². The van der Waals surface area contributed by atoms with Crippen molar-refractivity contribution >= 4 is 34.9 Å². The molecule has 84 valence electrons. The van der Waals surface area contributed by atoms with Crippen LogP contribution in [-0.2, 0) is 9.53 Å². The van der Waals surface area contributed by atoms with E-state index in [-0.39, 0.29) is 5.69 Å². The third kappa shape index (κ3) is 1.62. The predicted molar refractivity (Wildman–Crippen MR) is 56.4 cm³/mol. The Kier molecular flexibility index (Phi) is 2.52. The highest BCUT2D eigenvalue weighted by Gasteiger charge is 2.57. The first kappa shape index (κ1) is 11.2. The normalized spacial score (nSPS) is 22.1. The average Bonchev–Trinajstić information content (AvgIpc) is 2.26. The number of nitro benzene ring substituents is 1. The molecule has 1 saturated heterocycles. The number of hydrogen-bond donors (Lipinski definition) is 0. The van der Waals surface area contributed by atoms with Gasteiger partial charge in [0.15, 0.2) is 6.10 Å². The Bertz CT molecular complexity index is 457. The summed E-state index contributed by atoms with van der Waals surface area (Å²) >= 11 is 11.4. The Morgan fingerprint density at radius 1 is 1.31 bits per heavy atom. The highest BCUT2D eigenvalue weighted by atomic mass is 35.5. The van der Waals surface area contributed by atoms with Crippen LogP contribution < -0.4 is 0 Å². The number of carbonyl (C=O) groups excluding carboxylic acids is 1. The van der Waals surface area contributed by atoms with Crippen LogP contribution in [0.1, 0.15) is 11.7 Å². The monoisotopic (exact) mass is 261 g/mol. The van der Waals surface area contributed by atoms with Gasteiger partial charge in [-0.1, -0.05) is 23.2 Å². The first-order chi connectivity index (χ1) is 7.43. The fraction of sp³-hybridized carbons (Fsp3) is 0.222. The van der Waals surface area contributed by atoms with Crippen LogP contribution >= 0.6 is 23.2 Å². The van der Waals surface area contributed by atoms with Gasteiger partial charge in [0, 0.05) is 12.1 Å². The van der Waals surface area contributed by atoms with E-state index < -0.39 is 21.3 Å². The minimum Gasteiger partial charge on any atom is -0.451 e. The summed E-state index contributed by atoms with van der Waals surface area (Å²) in [5.41, 5.74) is 0.472. The van der Waals surface area contributed by atoms with Gasteiger partial charge < -0.3 is 4.74 Å². The van der Waals surface area contributed by atoms with Crippen molar-refractivity contribution in [3.63, 3.8) is 0 Å². The molecule has 16 heavy (non-hydrogen) atoms. The number of carbonyl (C=O) groups is 1. The van der Waals surface area contributed by atoms with Crippen LogP contribution in [0, 0.1) is 10.1 Å². The van der Waals surface area contributed by atoms with Crippen molar-refractivity contribution in [2.75, 3.05) is 0 Å². The SMILES string of the molecule is O=C1OC(c2ccc([N+](=O)[O-])cc2)C1(Cl)Cl. The van der Waals surface area contributed by atoms with E-state index in [0.29, 0.717) is 5.56 Å². The number of alkyl halides is 2. The molecule has 0 amide bonds. The number of esters is 1. The van der Waals surface area contributed by atoms with E-state index in [1.54, 1.807) is 0 Å². The van der Waals surface area contributed by atoms with E-state index in [1.807, 2.05) is 0 Å². The van der Waals surface area contributed by atoms with Crippen molar-refractivity contribution in [3.8, 4) is 0 Å². The summed E-state index contributed by atoms with van der Waals surface area (Å²) in [5, 5.41) is 10.4. The summed E-state index contributed by atoms with van der Waals surface area (Å²) in [6.45, 7) is 0. The minimum atomic E-state index is -1.60. The fourth-order valence-corrected chi connectivity index (χ4v) is 1.79. The Labute approximate surface area is 100 Å². The zero-order valence-corrected chi connectivity index (χ0v) is 9.23. The molecule has 0 saturated carbocycles. The maximum atomic E-state index is 10.9. The maximum Gasteiger partial charge on any atom is 0.347 e. The van der Waals surface area contributed by atoms with Crippen molar-refractivity contribution in [1.82, 2.24) is 0 Å². The standard InChI is InChI=1S/C9H5Cl2NO4/c10-9(11)7(16-8(9)13)5-1-3-6(4-2-5)12(14)15/h1-4,7H. The summed E-state index contributed by atoms with van der Waals surface area (Å²) in [5.74, 6) is -0.709. The molecule has 0 aliphatic carbocycles. The first-order valence-electron chi connectivity index (χ1n) is 4.26. The van der Waals surface area contributed by atoms with Crippen LogP contribution in [-0.4, -0.2) is 15.2 Å².